The molecule has 0 saturated carbocycles. The Hall–Kier alpha value is -2.08. The fourth-order valence-electron chi connectivity index (χ4n) is 2.12. The molecule has 1 N–H and O–H groups in total. The average molecular weight is 275 g/mol. The largest absolute Gasteiger partial charge is 0.337 e. The van der Waals surface area contributed by atoms with E-state index in [1.54, 1.807) is 30.5 Å². The van der Waals surface area contributed by atoms with Crippen LogP contribution in [0.5, 0.6) is 0 Å². The van der Waals surface area contributed by atoms with Crippen LogP contribution in [0.3, 0.4) is 0 Å². The summed E-state index contributed by atoms with van der Waals surface area (Å²) >= 11 is 0. The van der Waals surface area contributed by atoms with Gasteiger partial charge in [0.1, 0.15) is 4.90 Å². The molecule has 0 fully saturated rings. The number of aryl methyl sites for hydroxylation is 1. The maximum atomic E-state index is 12.6. The number of rotatable bonds is 0. The first-order valence-electron chi connectivity index (χ1n) is 5.82. The van der Waals surface area contributed by atoms with Crippen molar-refractivity contribution in [1.29, 1.82) is 0 Å². The fraction of sp³-hybridized carbons (Fsp3) is 0.154. The Kier molecular flexibility index (Phi) is 2.50. The van der Waals surface area contributed by atoms with Crippen molar-refractivity contribution >= 4 is 27.2 Å². The standard InChI is InChI=1S/C13H13N3O2S/c1-9-5-6-12-10(8-9)15-13-11(4-3-7-14-13)16(2)19(12,17)18/h3-8H,1-2H3,(H,14,15). The van der Waals surface area contributed by atoms with Crippen LogP contribution < -0.4 is 9.62 Å². The molecular formula is C13H13N3O2S. The van der Waals surface area contributed by atoms with E-state index in [9.17, 15) is 8.42 Å². The molecule has 0 saturated heterocycles. The average Bonchev–Trinajstić information content (AvgIpc) is 2.45. The molecular weight excluding hydrogens is 262 g/mol. The molecule has 19 heavy (non-hydrogen) atoms. The van der Waals surface area contributed by atoms with Gasteiger partial charge in [0.15, 0.2) is 5.82 Å². The molecule has 1 aromatic carbocycles. The van der Waals surface area contributed by atoms with Gasteiger partial charge in [0.2, 0.25) is 0 Å². The van der Waals surface area contributed by atoms with E-state index >= 15 is 0 Å². The molecule has 2 heterocycles. The van der Waals surface area contributed by atoms with Gasteiger partial charge in [-0.2, -0.15) is 0 Å². The number of nitrogens with one attached hydrogen (secondary N) is 1. The van der Waals surface area contributed by atoms with Crippen molar-refractivity contribution in [3.63, 3.8) is 0 Å². The Balaban J connectivity index is 2.34. The van der Waals surface area contributed by atoms with Crippen molar-refractivity contribution in [2.45, 2.75) is 11.8 Å². The number of benzene rings is 1. The Morgan fingerprint density at radius 1 is 1.26 bits per heavy atom. The van der Waals surface area contributed by atoms with E-state index in [1.807, 2.05) is 13.0 Å². The molecule has 3 rings (SSSR count). The highest BCUT2D eigenvalue weighted by atomic mass is 32.2. The number of nitrogens with zero attached hydrogens (tertiary/aromatic N) is 2. The van der Waals surface area contributed by atoms with Crippen LogP contribution in [0.4, 0.5) is 17.2 Å². The van der Waals surface area contributed by atoms with Crippen LogP contribution in [-0.4, -0.2) is 20.4 Å². The highest BCUT2D eigenvalue weighted by Gasteiger charge is 2.30. The number of fused-ring (bicyclic) bond motifs is 2. The first-order valence-corrected chi connectivity index (χ1v) is 7.26. The molecule has 2 aromatic rings. The van der Waals surface area contributed by atoms with Crippen molar-refractivity contribution in [1.82, 2.24) is 4.98 Å². The summed E-state index contributed by atoms with van der Waals surface area (Å²) in [6, 6.07) is 8.66. The number of hydrogen-bond donors (Lipinski definition) is 1. The van der Waals surface area contributed by atoms with Crippen molar-refractivity contribution in [2.75, 3.05) is 16.7 Å². The highest BCUT2D eigenvalue weighted by Crippen LogP contribution is 2.37. The summed E-state index contributed by atoms with van der Waals surface area (Å²) in [6.45, 7) is 1.92. The molecule has 0 amide bonds. The zero-order valence-electron chi connectivity index (χ0n) is 10.6. The zero-order chi connectivity index (χ0) is 13.6. The van der Waals surface area contributed by atoms with E-state index in [2.05, 4.69) is 10.3 Å². The van der Waals surface area contributed by atoms with Gasteiger partial charge in [-0.3, -0.25) is 4.31 Å². The van der Waals surface area contributed by atoms with Gasteiger partial charge in [-0.1, -0.05) is 6.07 Å². The lowest BCUT2D eigenvalue weighted by atomic mass is 10.2. The van der Waals surface area contributed by atoms with Crippen LogP contribution in [0.25, 0.3) is 0 Å². The van der Waals surface area contributed by atoms with E-state index in [0.717, 1.165) is 5.56 Å². The van der Waals surface area contributed by atoms with Crippen molar-refractivity contribution in [3.05, 3.63) is 42.1 Å². The minimum Gasteiger partial charge on any atom is -0.337 e. The van der Waals surface area contributed by atoms with Crippen LogP contribution in [0.1, 0.15) is 5.56 Å². The van der Waals surface area contributed by atoms with Crippen LogP contribution in [0.2, 0.25) is 0 Å². The number of aromatic nitrogens is 1. The summed E-state index contributed by atoms with van der Waals surface area (Å²) in [5.41, 5.74) is 2.09. The van der Waals surface area contributed by atoms with Gasteiger partial charge < -0.3 is 5.32 Å². The first-order chi connectivity index (χ1) is 9.00. The SMILES string of the molecule is Cc1ccc2c(c1)Nc1ncccc1N(C)S2(=O)=O. The van der Waals surface area contributed by atoms with E-state index in [1.165, 1.54) is 11.4 Å². The molecule has 6 heteroatoms. The normalized spacial score (nSPS) is 16.0. The van der Waals surface area contributed by atoms with E-state index in [4.69, 9.17) is 0 Å². The van der Waals surface area contributed by atoms with Gasteiger partial charge in [-0.05, 0) is 36.8 Å². The lowest BCUT2D eigenvalue weighted by Gasteiger charge is -2.17. The minimum absolute atomic E-state index is 0.263. The van der Waals surface area contributed by atoms with Crippen LogP contribution >= 0.6 is 0 Å². The topological polar surface area (TPSA) is 62.3 Å². The number of hydrogen-bond acceptors (Lipinski definition) is 4. The summed E-state index contributed by atoms with van der Waals surface area (Å²) < 4.78 is 26.4. The van der Waals surface area contributed by atoms with Crippen molar-refractivity contribution in [3.8, 4) is 0 Å². The Morgan fingerprint density at radius 3 is 2.84 bits per heavy atom. The van der Waals surface area contributed by atoms with E-state index in [0.29, 0.717) is 17.2 Å². The van der Waals surface area contributed by atoms with Gasteiger partial charge in [0.25, 0.3) is 10.0 Å². The molecule has 0 bridgehead atoms. The fourth-order valence-corrected chi connectivity index (χ4v) is 3.45. The number of pyridine rings is 1. The second kappa shape index (κ2) is 3.96. The van der Waals surface area contributed by atoms with Crippen molar-refractivity contribution in [2.24, 2.45) is 0 Å². The molecule has 0 spiro atoms. The van der Waals surface area contributed by atoms with Gasteiger partial charge in [-0.25, -0.2) is 13.4 Å². The molecule has 0 aliphatic carbocycles. The molecule has 0 atom stereocenters. The summed E-state index contributed by atoms with van der Waals surface area (Å²) in [5, 5.41) is 3.10. The maximum absolute atomic E-state index is 12.6. The lowest BCUT2D eigenvalue weighted by molar-refractivity contribution is 0.595. The highest BCUT2D eigenvalue weighted by molar-refractivity contribution is 7.93. The van der Waals surface area contributed by atoms with Crippen LogP contribution in [-0.2, 0) is 10.0 Å². The molecule has 0 radical (unpaired) electrons. The van der Waals surface area contributed by atoms with Crippen LogP contribution in [0.15, 0.2) is 41.4 Å². The monoisotopic (exact) mass is 275 g/mol. The van der Waals surface area contributed by atoms with Crippen LogP contribution in [0, 0.1) is 6.92 Å². The van der Waals surface area contributed by atoms with E-state index < -0.39 is 10.0 Å². The summed E-state index contributed by atoms with van der Waals surface area (Å²) in [6.07, 6.45) is 1.63. The number of sulfonamides is 1. The molecule has 1 aliphatic rings. The third-order valence-electron chi connectivity index (χ3n) is 3.15. The summed E-state index contributed by atoms with van der Waals surface area (Å²) in [7, 11) is -2.02. The second-order valence-corrected chi connectivity index (χ2v) is 6.41. The first kappa shape index (κ1) is 12.0. The molecule has 98 valence electrons. The Morgan fingerprint density at radius 2 is 2.05 bits per heavy atom. The molecule has 5 nitrogen and oxygen atoms in total. The molecule has 1 aliphatic heterocycles. The third kappa shape index (κ3) is 1.76. The predicted molar refractivity (Wildman–Crippen MR) is 74.3 cm³/mol. The maximum Gasteiger partial charge on any atom is 0.266 e. The summed E-state index contributed by atoms with van der Waals surface area (Å²) in [4.78, 5) is 4.47. The van der Waals surface area contributed by atoms with Gasteiger partial charge in [0.05, 0.1) is 11.4 Å². The minimum atomic E-state index is -3.56. The van der Waals surface area contributed by atoms with Crippen molar-refractivity contribution < 1.29 is 8.42 Å². The van der Waals surface area contributed by atoms with Gasteiger partial charge >= 0.3 is 0 Å². The Labute approximate surface area is 112 Å². The van der Waals surface area contributed by atoms with E-state index in [-0.39, 0.29) is 4.90 Å². The zero-order valence-corrected chi connectivity index (χ0v) is 11.4. The second-order valence-electron chi connectivity index (χ2n) is 4.47. The Bertz CT molecular complexity index is 756. The molecule has 0 unspecified atom stereocenters. The quantitative estimate of drug-likeness (QED) is 0.801. The predicted octanol–water partition coefficient (Wildman–Crippen LogP) is 2.27. The third-order valence-corrected chi connectivity index (χ3v) is 4.98. The smallest absolute Gasteiger partial charge is 0.266 e. The van der Waals surface area contributed by atoms with Gasteiger partial charge in [0, 0.05) is 13.2 Å². The summed E-state index contributed by atoms with van der Waals surface area (Å²) in [5.74, 6) is 0.540. The van der Waals surface area contributed by atoms with Gasteiger partial charge in [-0.15, -0.1) is 0 Å². The lowest BCUT2D eigenvalue weighted by Crippen LogP contribution is -2.25. The molecule has 1 aromatic heterocycles. The number of anilines is 3.